The second-order valence-corrected chi connectivity index (χ2v) is 5.19. The Hall–Kier alpha value is -2.28. The molecule has 0 saturated carbocycles. The highest BCUT2D eigenvalue weighted by Crippen LogP contribution is 2.23. The maximum atomic E-state index is 9.87. The summed E-state index contributed by atoms with van der Waals surface area (Å²) in [6, 6.07) is 5.07. The number of phenolic OH excluding ortho intramolecular Hbond substituents is 1. The third kappa shape index (κ3) is 3.86. The van der Waals surface area contributed by atoms with Gasteiger partial charge >= 0.3 is 0 Å². The lowest BCUT2D eigenvalue weighted by Crippen LogP contribution is -2.05. The molecule has 7 heteroatoms. The number of nitrogen functional groups attached to an aromatic ring is 1. The van der Waals surface area contributed by atoms with E-state index in [1.165, 1.54) is 17.6 Å². The molecule has 0 unspecified atom stereocenters. The third-order valence-electron chi connectivity index (χ3n) is 2.26. The molecule has 0 bridgehead atoms. The monoisotopic (exact) mass is 292 g/mol. The molecule has 0 spiro atoms. The molecular weight excluding hydrogens is 276 g/mol. The minimum Gasteiger partial charge on any atom is -0.507 e. The number of hydrazone groups is 1. The van der Waals surface area contributed by atoms with E-state index in [0.717, 1.165) is 0 Å². The van der Waals surface area contributed by atoms with Gasteiger partial charge in [-0.25, -0.2) is 4.98 Å². The van der Waals surface area contributed by atoms with Gasteiger partial charge in [-0.3, -0.25) is 5.43 Å². The van der Waals surface area contributed by atoms with Gasteiger partial charge in [0.2, 0.25) is 5.13 Å². The quantitative estimate of drug-likeness (QED) is 0.582. The summed E-state index contributed by atoms with van der Waals surface area (Å²) in [7, 11) is 0. The van der Waals surface area contributed by atoms with Crippen molar-refractivity contribution in [2.24, 2.45) is 5.10 Å². The Bertz CT molecular complexity index is 610. The molecule has 1 aromatic heterocycles. The molecular formula is C13H16N4O2S. The van der Waals surface area contributed by atoms with Crippen molar-refractivity contribution in [3.05, 3.63) is 29.1 Å². The first-order valence-corrected chi connectivity index (χ1v) is 6.92. The maximum absolute atomic E-state index is 9.87. The van der Waals surface area contributed by atoms with Crippen LogP contribution in [-0.2, 0) is 0 Å². The summed E-state index contributed by atoms with van der Waals surface area (Å²) in [5.41, 5.74) is 8.82. The van der Waals surface area contributed by atoms with Crippen molar-refractivity contribution in [2.75, 3.05) is 11.2 Å². The zero-order valence-electron chi connectivity index (χ0n) is 11.2. The number of rotatable bonds is 5. The Kier molecular flexibility index (Phi) is 4.41. The molecule has 2 aromatic rings. The molecule has 0 aliphatic heterocycles. The summed E-state index contributed by atoms with van der Waals surface area (Å²) in [6.07, 6.45) is 1.57. The van der Waals surface area contributed by atoms with E-state index in [1.54, 1.807) is 23.6 Å². The van der Waals surface area contributed by atoms with Crippen molar-refractivity contribution in [3.63, 3.8) is 0 Å². The van der Waals surface area contributed by atoms with Gasteiger partial charge in [0.25, 0.3) is 0 Å². The summed E-state index contributed by atoms with van der Waals surface area (Å²) in [6.45, 7) is 3.85. The number of nitrogens with zero attached hydrogens (tertiary/aromatic N) is 2. The Morgan fingerprint density at radius 1 is 1.50 bits per heavy atom. The number of nitrogens with two attached hydrogens (primary N) is 1. The average Bonchev–Trinajstić information content (AvgIpc) is 2.77. The maximum Gasteiger partial charge on any atom is 0.205 e. The van der Waals surface area contributed by atoms with Gasteiger partial charge in [0, 0.05) is 17.0 Å². The Labute approximate surface area is 120 Å². The summed E-state index contributed by atoms with van der Waals surface area (Å²) in [4.78, 5) is 4.00. The highest BCUT2D eigenvalue weighted by Gasteiger charge is 2.03. The van der Waals surface area contributed by atoms with Crippen LogP contribution in [0, 0.1) is 0 Å². The number of anilines is 2. The molecule has 2 rings (SSSR count). The molecule has 1 aromatic carbocycles. The molecule has 0 saturated heterocycles. The van der Waals surface area contributed by atoms with Crippen molar-refractivity contribution in [2.45, 2.75) is 20.0 Å². The van der Waals surface area contributed by atoms with E-state index in [0.29, 0.717) is 22.3 Å². The smallest absolute Gasteiger partial charge is 0.205 e. The van der Waals surface area contributed by atoms with Gasteiger partial charge in [0.1, 0.15) is 17.3 Å². The first-order chi connectivity index (χ1) is 9.54. The van der Waals surface area contributed by atoms with Gasteiger partial charge < -0.3 is 15.6 Å². The van der Waals surface area contributed by atoms with Crippen LogP contribution in [0.25, 0.3) is 0 Å². The molecule has 0 fully saturated rings. The van der Waals surface area contributed by atoms with E-state index < -0.39 is 0 Å². The van der Waals surface area contributed by atoms with Gasteiger partial charge in [-0.15, -0.1) is 11.3 Å². The average molecular weight is 292 g/mol. The van der Waals surface area contributed by atoms with Crippen molar-refractivity contribution in [1.82, 2.24) is 4.98 Å². The second-order valence-electron chi connectivity index (χ2n) is 4.33. The number of aromatic nitrogens is 1. The third-order valence-corrected chi connectivity index (χ3v) is 3.02. The molecule has 0 aliphatic carbocycles. The summed E-state index contributed by atoms with van der Waals surface area (Å²) in [5, 5.41) is 16.2. The molecule has 0 atom stereocenters. The van der Waals surface area contributed by atoms with E-state index in [4.69, 9.17) is 10.5 Å². The van der Waals surface area contributed by atoms with Gasteiger partial charge in [-0.1, -0.05) is 0 Å². The number of hydrogen-bond donors (Lipinski definition) is 3. The van der Waals surface area contributed by atoms with E-state index in [2.05, 4.69) is 15.5 Å². The topological polar surface area (TPSA) is 92.8 Å². The number of ether oxygens (including phenoxy) is 1. The first kappa shape index (κ1) is 14.1. The zero-order valence-corrected chi connectivity index (χ0v) is 12.0. The minimum absolute atomic E-state index is 0.0611. The van der Waals surface area contributed by atoms with Crippen LogP contribution in [0.1, 0.15) is 19.4 Å². The van der Waals surface area contributed by atoms with Crippen LogP contribution in [0.15, 0.2) is 28.7 Å². The Morgan fingerprint density at radius 3 is 2.90 bits per heavy atom. The number of nitrogens with one attached hydrogen (secondary N) is 1. The van der Waals surface area contributed by atoms with Crippen molar-refractivity contribution in [3.8, 4) is 11.5 Å². The van der Waals surface area contributed by atoms with Gasteiger partial charge in [-0.2, -0.15) is 5.10 Å². The van der Waals surface area contributed by atoms with Crippen LogP contribution in [0.2, 0.25) is 0 Å². The normalized spacial score (nSPS) is 11.2. The Balaban J connectivity index is 2.02. The van der Waals surface area contributed by atoms with Crippen LogP contribution >= 0.6 is 11.3 Å². The number of benzene rings is 1. The van der Waals surface area contributed by atoms with Crippen molar-refractivity contribution in [1.29, 1.82) is 0 Å². The molecule has 1 heterocycles. The van der Waals surface area contributed by atoms with Crippen molar-refractivity contribution < 1.29 is 9.84 Å². The van der Waals surface area contributed by atoms with Crippen LogP contribution in [0.4, 0.5) is 10.9 Å². The van der Waals surface area contributed by atoms with Crippen LogP contribution in [-0.4, -0.2) is 22.4 Å². The molecule has 0 aliphatic rings. The van der Waals surface area contributed by atoms with E-state index >= 15 is 0 Å². The van der Waals surface area contributed by atoms with Crippen LogP contribution in [0.3, 0.4) is 0 Å². The lowest BCUT2D eigenvalue weighted by Gasteiger charge is -2.10. The molecule has 0 amide bonds. The minimum atomic E-state index is 0.0611. The van der Waals surface area contributed by atoms with Crippen molar-refractivity contribution >= 4 is 28.5 Å². The zero-order chi connectivity index (χ0) is 14.5. The van der Waals surface area contributed by atoms with Crippen LogP contribution in [0.5, 0.6) is 11.5 Å². The fourth-order valence-corrected chi connectivity index (χ4v) is 2.02. The first-order valence-electron chi connectivity index (χ1n) is 6.04. The predicted molar refractivity (Wildman–Crippen MR) is 81.6 cm³/mol. The fraction of sp³-hybridized carbons (Fsp3) is 0.231. The highest BCUT2D eigenvalue weighted by molar-refractivity contribution is 7.14. The number of hydrogen-bond acceptors (Lipinski definition) is 7. The second kappa shape index (κ2) is 6.25. The lowest BCUT2D eigenvalue weighted by atomic mass is 10.2. The largest absolute Gasteiger partial charge is 0.507 e. The van der Waals surface area contributed by atoms with Crippen LogP contribution < -0.4 is 15.9 Å². The summed E-state index contributed by atoms with van der Waals surface area (Å²) < 4.78 is 5.48. The summed E-state index contributed by atoms with van der Waals surface area (Å²) in [5.74, 6) is 1.17. The summed E-state index contributed by atoms with van der Waals surface area (Å²) >= 11 is 1.35. The van der Waals surface area contributed by atoms with Gasteiger partial charge in [0.15, 0.2) is 0 Å². The molecule has 4 N–H and O–H groups in total. The standard InChI is InChI=1S/C13H16N4O2S/c1-8(2)19-10-4-3-9(11(18)5-10)6-15-17-13-16-12(14)7-20-13/h3-8,18H,14H2,1-2H3,(H,16,17). The van der Waals surface area contributed by atoms with Gasteiger partial charge in [0.05, 0.1) is 12.3 Å². The predicted octanol–water partition coefficient (Wildman–Crippen LogP) is 2.66. The molecule has 6 nitrogen and oxygen atoms in total. The van der Waals surface area contributed by atoms with E-state index in [9.17, 15) is 5.11 Å². The highest BCUT2D eigenvalue weighted by atomic mass is 32.1. The Morgan fingerprint density at radius 2 is 2.30 bits per heavy atom. The lowest BCUT2D eigenvalue weighted by molar-refractivity contribution is 0.241. The molecule has 106 valence electrons. The fourth-order valence-electron chi connectivity index (χ4n) is 1.47. The number of aromatic hydroxyl groups is 1. The van der Waals surface area contributed by atoms with E-state index in [-0.39, 0.29) is 11.9 Å². The number of phenols is 1. The number of thiazole rings is 1. The van der Waals surface area contributed by atoms with Gasteiger partial charge in [-0.05, 0) is 26.0 Å². The molecule has 20 heavy (non-hydrogen) atoms. The van der Waals surface area contributed by atoms with E-state index in [1.807, 2.05) is 13.8 Å². The molecule has 0 radical (unpaired) electrons. The SMILES string of the molecule is CC(C)Oc1ccc(C=NNc2nc(N)cs2)c(O)c1.